The van der Waals surface area contributed by atoms with E-state index in [-0.39, 0.29) is 17.9 Å². The summed E-state index contributed by atoms with van der Waals surface area (Å²) in [6, 6.07) is 6.07. The van der Waals surface area contributed by atoms with Gasteiger partial charge in [0.15, 0.2) is 0 Å². The van der Waals surface area contributed by atoms with E-state index in [2.05, 4.69) is 0 Å². The Morgan fingerprint density at radius 2 is 1.89 bits per heavy atom. The average Bonchev–Trinajstić information content (AvgIpc) is 2.31. The molecule has 0 fully saturated rings. The van der Waals surface area contributed by atoms with Crippen molar-refractivity contribution < 1.29 is 24.5 Å². The number of carbonyl (C=O) groups excluding carboxylic acids is 1. The second-order valence-corrected chi connectivity index (χ2v) is 3.55. The molecule has 1 aromatic carbocycles. The molecule has 0 spiro atoms. The third-order valence-corrected chi connectivity index (χ3v) is 2.11. The number of hydrogen-bond acceptors (Lipinski definition) is 4. The van der Waals surface area contributed by atoms with Crippen molar-refractivity contribution in [2.45, 2.75) is 13.3 Å². The first kappa shape index (κ1) is 13.8. The summed E-state index contributed by atoms with van der Waals surface area (Å²) in [4.78, 5) is 22.2. The fourth-order valence-electron chi connectivity index (χ4n) is 1.34. The Bertz CT molecular complexity index is 459. The topological polar surface area (TPSA) is 83.8 Å². The van der Waals surface area contributed by atoms with Gasteiger partial charge in [-0.1, -0.05) is 12.1 Å². The Labute approximate surface area is 104 Å². The minimum Gasteiger partial charge on any atom is -0.508 e. The predicted octanol–water partition coefficient (Wildman–Crippen LogP) is 1.81. The van der Waals surface area contributed by atoms with Gasteiger partial charge in [-0.2, -0.15) is 0 Å². The number of esters is 1. The average molecular weight is 250 g/mol. The van der Waals surface area contributed by atoms with Crippen LogP contribution in [0.1, 0.15) is 18.9 Å². The number of aliphatic carboxylic acids is 1. The number of ether oxygens (including phenoxy) is 1. The monoisotopic (exact) mass is 250 g/mol. The van der Waals surface area contributed by atoms with E-state index in [1.807, 2.05) is 0 Å². The van der Waals surface area contributed by atoms with Crippen molar-refractivity contribution in [3.8, 4) is 5.75 Å². The Hall–Kier alpha value is -2.30. The molecule has 1 rings (SSSR count). The highest BCUT2D eigenvalue weighted by molar-refractivity contribution is 5.97. The summed E-state index contributed by atoms with van der Waals surface area (Å²) in [6.45, 7) is 1.84. The molecule has 0 atom stereocenters. The molecule has 0 radical (unpaired) electrons. The molecule has 0 saturated carbocycles. The van der Waals surface area contributed by atoms with Crippen LogP contribution in [0.4, 0.5) is 0 Å². The maximum Gasteiger partial charge on any atom is 0.334 e. The molecule has 0 amide bonds. The van der Waals surface area contributed by atoms with E-state index in [4.69, 9.17) is 14.9 Å². The molecule has 0 aliphatic carbocycles. The van der Waals surface area contributed by atoms with Gasteiger partial charge in [0.2, 0.25) is 0 Å². The highest BCUT2D eigenvalue weighted by Gasteiger charge is 2.14. The predicted molar refractivity (Wildman–Crippen MR) is 65.0 cm³/mol. The van der Waals surface area contributed by atoms with Crippen molar-refractivity contribution in [3.05, 3.63) is 35.4 Å². The number of carbonyl (C=O) groups is 2. The molecule has 0 bridgehead atoms. The van der Waals surface area contributed by atoms with Gasteiger partial charge < -0.3 is 14.9 Å². The molecule has 1 aromatic rings. The van der Waals surface area contributed by atoms with E-state index >= 15 is 0 Å². The van der Waals surface area contributed by atoms with Crippen LogP contribution < -0.4 is 0 Å². The lowest BCUT2D eigenvalue weighted by atomic mass is 10.1. The van der Waals surface area contributed by atoms with Crippen LogP contribution in [0.25, 0.3) is 6.08 Å². The Balaban J connectivity index is 2.97. The summed E-state index contributed by atoms with van der Waals surface area (Å²) < 4.78 is 4.78. The van der Waals surface area contributed by atoms with Crippen LogP contribution >= 0.6 is 0 Å². The molecular formula is C13H14O5. The van der Waals surface area contributed by atoms with Gasteiger partial charge in [0, 0.05) is 5.57 Å². The molecule has 5 heteroatoms. The van der Waals surface area contributed by atoms with E-state index in [9.17, 15) is 9.59 Å². The number of phenolic OH excluding ortho intramolecular Hbond substituents is 1. The van der Waals surface area contributed by atoms with E-state index < -0.39 is 18.4 Å². The third kappa shape index (κ3) is 4.29. The van der Waals surface area contributed by atoms with Gasteiger partial charge in [-0.05, 0) is 30.7 Å². The van der Waals surface area contributed by atoms with Gasteiger partial charge >= 0.3 is 11.9 Å². The van der Waals surface area contributed by atoms with Crippen molar-refractivity contribution in [1.82, 2.24) is 0 Å². The minimum absolute atomic E-state index is 0.0649. The van der Waals surface area contributed by atoms with Gasteiger partial charge in [-0.25, -0.2) is 4.79 Å². The van der Waals surface area contributed by atoms with Crippen LogP contribution in [-0.4, -0.2) is 28.8 Å². The van der Waals surface area contributed by atoms with Gasteiger partial charge in [0.1, 0.15) is 5.75 Å². The Morgan fingerprint density at radius 1 is 1.28 bits per heavy atom. The fourth-order valence-corrected chi connectivity index (χ4v) is 1.34. The SMILES string of the molecule is CCOC(=O)C(=Cc1ccc(O)cc1)CC(=O)O. The summed E-state index contributed by atoms with van der Waals surface area (Å²) in [6.07, 6.45) is 1.03. The molecule has 0 saturated heterocycles. The Kier molecular flexibility index (Phi) is 4.92. The van der Waals surface area contributed by atoms with Crippen molar-refractivity contribution in [1.29, 1.82) is 0 Å². The third-order valence-electron chi connectivity index (χ3n) is 2.11. The molecule has 0 aromatic heterocycles. The number of aromatic hydroxyl groups is 1. The van der Waals surface area contributed by atoms with E-state index in [1.54, 1.807) is 19.1 Å². The standard InChI is InChI=1S/C13H14O5/c1-2-18-13(17)10(8-12(15)16)7-9-3-5-11(14)6-4-9/h3-7,14H,2,8H2,1H3,(H,15,16). The van der Waals surface area contributed by atoms with Crippen molar-refractivity contribution in [2.75, 3.05) is 6.61 Å². The van der Waals surface area contributed by atoms with E-state index in [1.165, 1.54) is 18.2 Å². The number of phenols is 1. The molecule has 0 heterocycles. The van der Waals surface area contributed by atoms with Gasteiger partial charge in [0.25, 0.3) is 0 Å². The van der Waals surface area contributed by atoms with E-state index in [0.717, 1.165) is 0 Å². The molecule has 96 valence electrons. The van der Waals surface area contributed by atoms with Gasteiger partial charge in [-0.15, -0.1) is 0 Å². The Morgan fingerprint density at radius 3 is 2.39 bits per heavy atom. The highest BCUT2D eigenvalue weighted by Crippen LogP contribution is 2.15. The number of carboxylic acid groups (broad SMARTS) is 1. The smallest absolute Gasteiger partial charge is 0.334 e. The zero-order valence-corrected chi connectivity index (χ0v) is 9.92. The van der Waals surface area contributed by atoms with Crippen LogP contribution in [-0.2, 0) is 14.3 Å². The lowest BCUT2D eigenvalue weighted by Crippen LogP contribution is -2.11. The first-order chi connectivity index (χ1) is 8.52. The van der Waals surface area contributed by atoms with Crippen molar-refractivity contribution >= 4 is 18.0 Å². The second kappa shape index (κ2) is 6.44. The zero-order chi connectivity index (χ0) is 13.5. The highest BCUT2D eigenvalue weighted by atomic mass is 16.5. The molecule has 0 aliphatic heterocycles. The van der Waals surface area contributed by atoms with Crippen LogP contribution in [0.3, 0.4) is 0 Å². The lowest BCUT2D eigenvalue weighted by Gasteiger charge is -2.05. The van der Waals surface area contributed by atoms with Crippen LogP contribution in [0.5, 0.6) is 5.75 Å². The molecule has 18 heavy (non-hydrogen) atoms. The van der Waals surface area contributed by atoms with E-state index in [0.29, 0.717) is 5.56 Å². The number of rotatable bonds is 5. The van der Waals surface area contributed by atoms with Crippen LogP contribution in [0, 0.1) is 0 Å². The number of benzene rings is 1. The van der Waals surface area contributed by atoms with Gasteiger partial charge in [-0.3, -0.25) is 4.79 Å². The maximum absolute atomic E-state index is 11.5. The molecule has 0 unspecified atom stereocenters. The maximum atomic E-state index is 11.5. The number of carboxylic acids is 1. The molecule has 0 aliphatic rings. The summed E-state index contributed by atoms with van der Waals surface area (Å²) in [5, 5.41) is 17.9. The summed E-state index contributed by atoms with van der Waals surface area (Å²) >= 11 is 0. The fraction of sp³-hybridized carbons (Fsp3) is 0.231. The van der Waals surface area contributed by atoms with Crippen molar-refractivity contribution in [2.24, 2.45) is 0 Å². The molecular weight excluding hydrogens is 236 g/mol. The van der Waals surface area contributed by atoms with Crippen LogP contribution in [0.2, 0.25) is 0 Å². The van der Waals surface area contributed by atoms with Crippen LogP contribution in [0.15, 0.2) is 29.8 Å². The zero-order valence-electron chi connectivity index (χ0n) is 9.92. The largest absolute Gasteiger partial charge is 0.508 e. The molecule has 2 N–H and O–H groups in total. The quantitative estimate of drug-likeness (QED) is 0.615. The summed E-state index contributed by atoms with van der Waals surface area (Å²) in [7, 11) is 0. The lowest BCUT2D eigenvalue weighted by molar-refractivity contribution is -0.142. The van der Waals surface area contributed by atoms with Gasteiger partial charge in [0.05, 0.1) is 13.0 Å². The number of hydrogen-bond donors (Lipinski definition) is 2. The first-order valence-electron chi connectivity index (χ1n) is 5.41. The first-order valence-corrected chi connectivity index (χ1v) is 5.41. The summed E-state index contributed by atoms with van der Waals surface area (Å²) in [5.74, 6) is -1.65. The molecule has 5 nitrogen and oxygen atoms in total. The van der Waals surface area contributed by atoms with Crippen molar-refractivity contribution in [3.63, 3.8) is 0 Å². The second-order valence-electron chi connectivity index (χ2n) is 3.55. The minimum atomic E-state index is -1.10. The normalized spacial score (nSPS) is 11.1. The summed E-state index contributed by atoms with van der Waals surface area (Å²) in [5.41, 5.74) is 0.687.